The third-order valence-corrected chi connectivity index (χ3v) is 7.36. The van der Waals surface area contributed by atoms with Gasteiger partial charge in [0.25, 0.3) is 11.1 Å². The van der Waals surface area contributed by atoms with E-state index in [1.807, 2.05) is 24.3 Å². The maximum absolute atomic E-state index is 12.4. The Kier molecular flexibility index (Phi) is 7.40. The zero-order valence-electron chi connectivity index (χ0n) is 19.2. The number of carbonyl (C=O) groups is 1. The molecule has 0 bridgehead atoms. The molecule has 1 aromatic carbocycles. The average Bonchev–Trinajstić information content (AvgIpc) is 3.38. The maximum atomic E-state index is 12.4. The van der Waals surface area contributed by atoms with Gasteiger partial charge in [-0.25, -0.2) is 0 Å². The van der Waals surface area contributed by atoms with Crippen LogP contribution < -0.4 is 10.2 Å². The molecule has 178 valence electrons. The van der Waals surface area contributed by atoms with Gasteiger partial charge >= 0.3 is 0 Å². The lowest BCUT2D eigenvalue weighted by Gasteiger charge is -2.41. The quantitative estimate of drug-likeness (QED) is 0.503. The zero-order valence-corrected chi connectivity index (χ0v) is 20.0. The molecule has 0 radical (unpaired) electrons. The van der Waals surface area contributed by atoms with Crippen LogP contribution in [0.3, 0.4) is 0 Å². The molecule has 1 amide bonds. The number of thioether (sulfide) groups is 1. The lowest BCUT2D eigenvalue weighted by Crippen LogP contribution is -2.50. The SMILES string of the molecule is O=C(CSc1nnc(-c2ccccn2)o1)Nc1ccc(N2CCN(C3CCCCC3)CC2)cc1. The minimum Gasteiger partial charge on any atom is -0.410 e. The fraction of sp³-hybridized carbons (Fsp3) is 0.440. The summed E-state index contributed by atoms with van der Waals surface area (Å²) >= 11 is 1.21. The van der Waals surface area contributed by atoms with Crippen molar-refractivity contribution in [2.45, 2.75) is 43.4 Å². The number of benzene rings is 1. The van der Waals surface area contributed by atoms with Crippen LogP contribution in [0.5, 0.6) is 0 Å². The van der Waals surface area contributed by atoms with Crippen LogP contribution in [0.1, 0.15) is 32.1 Å². The van der Waals surface area contributed by atoms with Gasteiger partial charge in [0.2, 0.25) is 5.91 Å². The van der Waals surface area contributed by atoms with Crippen molar-refractivity contribution in [2.24, 2.45) is 0 Å². The molecule has 3 heterocycles. The van der Waals surface area contributed by atoms with Crippen molar-refractivity contribution in [3.63, 3.8) is 0 Å². The van der Waals surface area contributed by atoms with Crippen molar-refractivity contribution in [3.05, 3.63) is 48.7 Å². The Balaban J connectivity index is 1.07. The van der Waals surface area contributed by atoms with E-state index in [9.17, 15) is 4.79 Å². The number of carbonyl (C=O) groups excluding carboxylic acids is 1. The summed E-state index contributed by atoms with van der Waals surface area (Å²) in [5.41, 5.74) is 2.61. The minimum atomic E-state index is -0.114. The second-order valence-electron chi connectivity index (χ2n) is 8.79. The molecule has 34 heavy (non-hydrogen) atoms. The molecule has 1 saturated heterocycles. The number of pyridine rings is 1. The molecule has 2 aliphatic rings. The summed E-state index contributed by atoms with van der Waals surface area (Å²) in [6.45, 7) is 4.39. The molecule has 1 N–H and O–H groups in total. The van der Waals surface area contributed by atoms with Crippen molar-refractivity contribution < 1.29 is 9.21 Å². The maximum Gasteiger partial charge on any atom is 0.277 e. The van der Waals surface area contributed by atoms with Crippen LogP contribution in [-0.4, -0.2) is 64.0 Å². The van der Waals surface area contributed by atoms with Gasteiger partial charge < -0.3 is 14.6 Å². The van der Waals surface area contributed by atoms with Crippen molar-refractivity contribution in [3.8, 4) is 11.6 Å². The number of hydrogen-bond donors (Lipinski definition) is 1. The van der Waals surface area contributed by atoms with Gasteiger partial charge in [0, 0.05) is 49.8 Å². The number of piperazine rings is 1. The van der Waals surface area contributed by atoms with Crippen molar-refractivity contribution >= 4 is 29.0 Å². The Morgan fingerprint density at radius 3 is 2.53 bits per heavy atom. The normalized spacial score (nSPS) is 17.6. The summed E-state index contributed by atoms with van der Waals surface area (Å²) in [7, 11) is 0. The molecule has 3 aromatic rings. The third-order valence-electron chi connectivity index (χ3n) is 6.54. The first-order valence-electron chi connectivity index (χ1n) is 12.0. The molecule has 5 rings (SSSR count). The summed E-state index contributed by atoms with van der Waals surface area (Å²) in [5.74, 6) is 0.421. The minimum absolute atomic E-state index is 0.114. The van der Waals surface area contributed by atoms with Crippen molar-refractivity contribution in [1.29, 1.82) is 0 Å². The van der Waals surface area contributed by atoms with E-state index in [0.717, 1.165) is 37.9 Å². The number of nitrogens with zero attached hydrogens (tertiary/aromatic N) is 5. The van der Waals surface area contributed by atoms with Gasteiger partial charge in [-0.1, -0.05) is 37.1 Å². The lowest BCUT2D eigenvalue weighted by molar-refractivity contribution is -0.113. The number of aromatic nitrogens is 3. The van der Waals surface area contributed by atoms with E-state index < -0.39 is 0 Å². The van der Waals surface area contributed by atoms with E-state index in [0.29, 0.717) is 16.8 Å². The number of nitrogens with one attached hydrogen (secondary N) is 1. The predicted octanol–water partition coefficient (Wildman–Crippen LogP) is 4.32. The molecular weight excluding hydrogens is 448 g/mol. The standard InChI is InChI=1S/C25H30N6O2S/c32-23(18-34-25-29-28-24(33-25)22-8-4-5-13-26-22)27-19-9-11-21(12-10-19)31-16-14-30(15-17-31)20-6-2-1-3-7-20/h4-5,8-13,20H,1-3,6-7,14-18H2,(H,27,32). The average molecular weight is 479 g/mol. The molecule has 8 nitrogen and oxygen atoms in total. The molecule has 0 spiro atoms. The summed E-state index contributed by atoms with van der Waals surface area (Å²) in [5, 5.41) is 11.3. The van der Waals surface area contributed by atoms with E-state index in [4.69, 9.17) is 4.42 Å². The van der Waals surface area contributed by atoms with Gasteiger partial charge in [-0.15, -0.1) is 10.2 Å². The van der Waals surface area contributed by atoms with E-state index in [-0.39, 0.29) is 11.7 Å². The van der Waals surface area contributed by atoms with Crippen LogP contribution in [-0.2, 0) is 4.79 Å². The highest BCUT2D eigenvalue weighted by atomic mass is 32.2. The largest absolute Gasteiger partial charge is 0.410 e. The Morgan fingerprint density at radius 2 is 1.79 bits per heavy atom. The highest BCUT2D eigenvalue weighted by molar-refractivity contribution is 7.99. The summed E-state index contributed by atoms with van der Waals surface area (Å²) in [6.07, 6.45) is 8.58. The molecule has 9 heteroatoms. The smallest absolute Gasteiger partial charge is 0.277 e. The van der Waals surface area contributed by atoms with E-state index in [1.54, 1.807) is 12.3 Å². The topological polar surface area (TPSA) is 87.4 Å². The number of rotatable bonds is 7. The second kappa shape index (κ2) is 11.0. The van der Waals surface area contributed by atoms with Gasteiger partial charge in [0.1, 0.15) is 5.69 Å². The Bertz CT molecular complexity index is 1060. The molecule has 1 aliphatic carbocycles. The number of anilines is 2. The zero-order chi connectivity index (χ0) is 23.2. The highest BCUT2D eigenvalue weighted by Crippen LogP contribution is 2.26. The first-order chi connectivity index (χ1) is 16.7. The fourth-order valence-corrected chi connectivity index (χ4v) is 5.30. The Morgan fingerprint density at radius 1 is 1.00 bits per heavy atom. The number of hydrogen-bond acceptors (Lipinski definition) is 8. The fourth-order valence-electron chi connectivity index (χ4n) is 4.73. The van der Waals surface area contributed by atoms with E-state index >= 15 is 0 Å². The Hall–Kier alpha value is -2.91. The monoisotopic (exact) mass is 478 g/mol. The van der Waals surface area contributed by atoms with Gasteiger partial charge in [0.05, 0.1) is 5.75 Å². The van der Waals surface area contributed by atoms with Crippen LogP contribution in [0.4, 0.5) is 11.4 Å². The molecule has 0 unspecified atom stereocenters. The highest BCUT2D eigenvalue weighted by Gasteiger charge is 2.25. The summed E-state index contributed by atoms with van der Waals surface area (Å²) in [4.78, 5) is 21.7. The van der Waals surface area contributed by atoms with Crippen LogP contribution >= 0.6 is 11.8 Å². The van der Waals surface area contributed by atoms with Crippen LogP contribution in [0.25, 0.3) is 11.6 Å². The molecule has 1 saturated carbocycles. The van der Waals surface area contributed by atoms with E-state index in [1.165, 1.54) is 49.6 Å². The van der Waals surface area contributed by atoms with Crippen molar-refractivity contribution in [1.82, 2.24) is 20.1 Å². The van der Waals surface area contributed by atoms with Crippen LogP contribution in [0.2, 0.25) is 0 Å². The van der Waals surface area contributed by atoms with Gasteiger partial charge in [-0.3, -0.25) is 14.7 Å². The van der Waals surface area contributed by atoms with Gasteiger partial charge in [0.15, 0.2) is 0 Å². The molecule has 1 aliphatic heterocycles. The summed E-state index contributed by atoms with van der Waals surface area (Å²) < 4.78 is 5.59. The Labute approximate surface area is 204 Å². The summed E-state index contributed by atoms with van der Waals surface area (Å²) in [6, 6.07) is 14.4. The second-order valence-corrected chi connectivity index (χ2v) is 9.71. The van der Waals surface area contributed by atoms with Crippen molar-refractivity contribution in [2.75, 3.05) is 42.1 Å². The molecular formula is C25H30N6O2S. The molecule has 2 aromatic heterocycles. The van der Waals surface area contributed by atoms with E-state index in [2.05, 4.69) is 42.4 Å². The third kappa shape index (κ3) is 5.77. The lowest BCUT2D eigenvalue weighted by atomic mass is 9.94. The molecule has 0 atom stereocenters. The number of amides is 1. The first-order valence-corrected chi connectivity index (χ1v) is 13.0. The predicted molar refractivity (Wildman–Crippen MR) is 134 cm³/mol. The van der Waals surface area contributed by atoms with Gasteiger partial charge in [-0.05, 0) is 49.2 Å². The van der Waals surface area contributed by atoms with Crippen LogP contribution in [0, 0.1) is 0 Å². The van der Waals surface area contributed by atoms with Crippen LogP contribution in [0.15, 0.2) is 58.3 Å². The molecule has 2 fully saturated rings. The first kappa shape index (κ1) is 22.9. The van der Waals surface area contributed by atoms with Gasteiger partial charge in [-0.2, -0.15) is 0 Å².